The van der Waals surface area contributed by atoms with Crippen LogP contribution in [-0.4, -0.2) is 83.3 Å². The van der Waals surface area contributed by atoms with E-state index in [1.807, 2.05) is 0 Å². The minimum absolute atomic E-state index is 0.00864. The van der Waals surface area contributed by atoms with E-state index in [0.717, 1.165) is 12.8 Å². The molecule has 1 aromatic carbocycles. The summed E-state index contributed by atoms with van der Waals surface area (Å²) in [5, 5.41) is 12.2. The number of amides is 1. The summed E-state index contributed by atoms with van der Waals surface area (Å²) in [7, 11) is 1.34. The number of hydrogen-bond acceptors (Lipinski definition) is 7. The summed E-state index contributed by atoms with van der Waals surface area (Å²) in [6.07, 6.45) is 3.73. The van der Waals surface area contributed by atoms with Crippen molar-refractivity contribution in [2.75, 3.05) is 33.4 Å². The van der Waals surface area contributed by atoms with E-state index in [1.54, 1.807) is 35.0 Å². The van der Waals surface area contributed by atoms with E-state index >= 15 is 0 Å². The topological polar surface area (TPSA) is 97.6 Å². The number of halogens is 4. The van der Waals surface area contributed by atoms with Gasteiger partial charge in [-0.15, -0.1) is 0 Å². The lowest BCUT2D eigenvalue weighted by Gasteiger charge is -2.16. The van der Waals surface area contributed by atoms with Crippen molar-refractivity contribution in [3.8, 4) is 28.5 Å². The summed E-state index contributed by atoms with van der Waals surface area (Å²) in [6, 6.07) is 6.30. The molecule has 0 radical (unpaired) electrons. The third-order valence-corrected chi connectivity index (χ3v) is 6.66. The zero-order valence-corrected chi connectivity index (χ0v) is 21.1. The first-order valence-electron chi connectivity index (χ1n) is 12.5. The van der Waals surface area contributed by atoms with Gasteiger partial charge in [0, 0.05) is 37.0 Å². The molecule has 210 valence electrons. The van der Waals surface area contributed by atoms with Crippen molar-refractivity contribution in [3.05, 3.63) is 42.2 Å². The number of aromatic nitrogens is 2. The number of nitrogens with zero attached hydrogens (tertiary/aromatic N) is 3. The second-order valence-electron chi connectivity index (χ2n) is 9.63. The molecule has 3 heterocycles. The Morgan fingerprint density at radius 3 is 2.69 bits per heavy atom. The molecule has 2 aliphatic rings. The van der Waals surface area contributed by atoms with E-state index in [9.17, 15) is 27.5 Å². The van der Waals surface area contributed by atoms with Gasteiger partial charge in [0.2, 0.25) is 0 Å². The third-order valence-electron chi connectivity index (χ3n) is 6.66. The maximum Gasteiger partial charge on any atom is 0.387 e. The molecule has 3 aromatic rings. The van der Waals surface area contributed by atoms with Gasteiger partial charge in [0.15, 0.2) is 0 Å². The number of β-amino-alcohol motifs (C(OH)–C–C–N with tert-alkyl or cyclic N) is 1. The zero-order valence-electron chi connectivity index (χ0n) is 21.1. The number of methoxy groups -OCH3 is 1. The fourth-order valence-corrected chi connectivity index (χ4v) is 4.56. The van der Waals surface area contributed by atoms with E-state index in [-0.39, 0.29) is 36.3 Å². The number of pyridine rings is 1. The van der Waals surface area contributed by atoms with Crippen molar-refractivity contribution in [2.45, 2.75) is 43.9 Å². The Kier molecular flexibility index (Phi) is 7.54. The lowest BCUT2D eigenvalue weighted by Crippen LogP contribution is -2.31. The molecule has 2 N–H and O–H groups in total. The molecule has 1 unspecified atom stereocenters. The highest BCUT2D eigenvalue weighted by Crippen LogP contribution is 2.37. The molecule has 1 aliphatic heterocycles. The first kappa shape index (κ1) is 27.0. The Balaban J connectivity index is 1.31. The fraction of sp³-hybridized carbons (Fsp3) is 0.462. The Labute approximate surface area is 221 Å². The predicted octanol–water partition coefficient (Wildman–Crippen LogP) is 3.58. The van der Waals surface area contributed by atoms with Gasteiger partial charge in [-0.05, 0) is 37.5 Å². The van der Waals surface area contributed by atoms with Gasteiger partial charge in [0.05, 0.1) is 32.2 Å². The number of carbonyl (C=O) groups is 1. The van der Waals surface area contributed by atoms with Crippen LogP contribution in [0.4, 0.5) is 17.6 Å². The molecule has 0 spiro atoms. The first-order valence-corrected chi connectivity index (χ1v) is 12.5. The molecule has 39 heavy (non-hydrogen) atoms. The van der Waals surface area contributed by atoms with Gasteiger partial charge >= 0.3 is 6.61 Å². The van der Waals surface area contributed by atoms with Crippen LogP contribution in [0, 0.1) is 0 Å². The van der Waals surface area contributed by atoms with Gasteiger partial charge < -0.3 is 24.6 Å². The fourth-order valence-electron chi connectivity index (χ4n) is 4.56. The van der Waals surface area contributed by atoms with Crippen molar-refractivity contribution >= 4 is 11.6 Å². The normalized spacial score (nSPS) is 19.0. The maximum atomic E-state index is 13.5. The number of hydrogen-bond donors (Lipinski definition) is 2. The van der Waals surface area contributed by atoms with Crippen LogP contribution in [0.2, 0.25) is 0 Å². The quantitative estimate of drug-likeness (QED) is 0.277. The largest absolute Gasteiger partial charge is 0.496 e. The van der Waals surface area contributed by atoms with Crippen molar-refractivity contribution in [3.63, 3.8) is 0 Å². The van der Waals surface area contributed by atoms with E-state index < -0.39 is 31.1 Å². The maximum absolute atomic E-state index is 13.5. The number of benzene rings is 1. The van der Waals surface area contributed by atoms with Crippen molar-refractivity contribution < 1.29 is 41.7 Å². The Bertz CT molecular complexity index is 1350. The molecule has 2 fully saturated rings. The van der Waals surface area contributed by atoms with Gasteiger partial charge in [-0.3, -0.25) is 14.1 Å². The van der Waals surface area contributed by atoms with Crippen LogP contribution in [0.1, 0.15) is 29.6 Å². The number of ether oxygens (including phenoxy) is 3. The number of carbonyl (C=O) groups excluding carboxylic acids is 1. The summed E-state index contributed by atoms with van der Waals surface area (Å²) in [5.74, 6) is -3.36. The van der Waals surface area contributed by atoms with Crippen LogP contribution in [-0.2, 0) is 0 Å². The predicted molar refractivity (Wildman–Crippen MR) is 132 cm³/mol. The number of aliphatic hydroxyl groups excluding tert-OH is 1. The Hall–Kier alpha value is -3.58. The number of likely N-dealkylation sites (tertiary alicyclic amines) is 1. The monoisotopic (exact) mass is 552 g/mol. The highest BCUT2D eigenvalue weighted by Gasteiger charge is 2.46. The van der Waals surface area contributed by atoms with Crippen molar-refractivity contribution in [1.29, 1.82) is 0 Å². The molecule has 1 aliphatic carbocycles. The van der Waals surface area contributed by atoms with Gasteiger partial charge in [0.25, 0.3) is 11.8 Å². The SMILES string of the molecule is COc1cc(-c2cnc3cc(OCCCN4CC(O)C(F)(F)C4)ccn23)cc(OC(F)F)c1C(=O)NC1CC1. The highest BCUT2D eigenvalue weighted by molar-refractivity contribution is 6.01. The molecule has 0 bridgehead atoms. The van der Waals surface area contributed by atoms with E-state index in [1.165, 1.54) is 18.1 Å². The summed E-state index contributed by atoms with van der Waals surface area (Å²) >= 11 is 0. The second kappa shape index (κ2) is 10.9. The van der Waals surface area contributed by atoms with Crippen LogP contribution in [0.25, 0.3) is 16.9 Å². The third kappa shape index (κ3) is 6.04. The van der Waals surface area contributed by atoms with Crippen molar-refractivity contribution in [2.24, 2.45) is 0 Å². The molecule has 9 nitrogen and oxygen atoms in total. The zero-order chi connectivity index (χ0) is 27.7. The number of alkyl halides is 4. The second-order valence-corrected chi connectivity index (χ2v) is 9.63. The van der Waals surface area contributed by atoms with Crippen LogP contribution in [0.3, 0.4) is 0 Å². The number of rotatable bonds is 11. The lowest BCUT2D eigenvalue weighted by molar-refractivity contribution is -0.0730. The Morgan fingerprint density at radius 1 is 1.26 bits per heavy atom. The molecular formula is C26H28F4N4O5. The number of imidazole rings is 1. The van der Waals surface area contributed by atoms with E-state index in [4.69, 9.17) is 14.2 Å². The van der Waals surface area contributed by atoms with Crippen LogP contribution >= 0.6 is 0 Å². The summed E-state index contributed by atoms with van der Waals surface area (Å²) in [4.78, 5) is 18.6. The molecule has 13 heteroatoms. The summed E-state index contributed by atoms with van der Waals surface area (Å²) < 4.78 is 70.9. The van der Waals surface area contributed by atoms with Crippen LogP contribution in [0.5, 0.6) is 17.2 Å². The molecule has 5 rings (SSSR count). The molecule has 1 saturated heterocycles. The summed E-state index contributed by atoms with van der Waals surface area (Å²) in [6.45, 7) is -3.06. The van der Waals surface area contributed by atoms with Crippen molar-refractivity contribution in [1.82, 2.24) is 19.6 Å². The molecule has 1 saturated carbocycles. The minimum Gasteiger partial charge on any atom is -0.496 e. The van der Waals surface area contributed by atoms with E-state index in [0.29, 0.717) is 35.6 Å². The van der Waals surface area contributed by atoms with Gasteiger partial charge in [-0.2, -0.15) is 8.78 Å². The van der Waals surface area contributed by atoms with Gasteiger partial charge in [-0.1, -0.05) is 0 Å². The number of aliphatic hydroxyl groups is 1. The van der Waals surface area contributed by atoms with Gasteiger partial charge in [-0.25, -0.2) is 13.8 Å². The number of fused-ring (bicyclic) bond motifs is 1. The molecule has 2 aromatic heterocycles. The van der Waals surface area contributed by atoms with Gasteiger partial charge in [0.1, 0.15) is 34.6 Å². The standard InChI is InChI=1S/C26H28F4N4O5/c1-37-19-9-15(10-20(39-25(27)28)23(19)24(36)32-16-3-4-16)18-12-31-22-11-17(5-7-34(18)22)38-8-2-6-33-13-21(35)26(29,30)14-33/h5,7,9-12,16,21,25,35H,2-4,6,8,13-14H2,1H3,(H,32,36). The smallest absolute Gasteiger partial charge is 0.387 e. The minimum atomic E-state index is -3.15. The molecular weight excluding hydrogens is 524 g/mol. The highest BCUT2D eigenvalue weighted by atomic mass is 19.3. The van der Waals surface area contributed by atoms with Crippen LogP contribution in [0.15, 0.2) is 36.7 Å². The first-order chi connectivity index (χ1) is 18.6. The number of nitrogens with one attached hydrogen (secondary N) is 1. The average molecular weight is 553 g/mol. The average Bonchev–Trinajstić information content (AvgIpc) is 3.52. The molecule has 1 atom stereocenters. The summed E-state index contributed by atoms with van der Waals surface area (Å²) in [5.41, 5.74) is 1.38. The lowest BCUT2D eigenvalue weighted by atomic mass is 10.1. The van der Waals surface area contributed by atoms with E-state index in [2.05, 4.69) is 10.3 Å². The Morgan fingerprint density at radius 2 is 2.03 bits per heavy atom. The molecule has 1 amide bonds. The van der Waals surface area contributed by atoms with Crippen LogP contribution < -0.4 is 19.5 Å².